The van der Waals surface area contributed by atoms with Gasteiger partial charge in [0.25, 0.3) is 0 Å². The molecule has 1 aromatic heterocycles. The number of benzene rings is 1. The van der Waals surface area contributed by atoms with Crippen LogP contribution in [0.4, 0.5) is 5.69 Å². The Hall–Kier alpha value is -1.74. The fourth-order valence-corrected chi connectivity index (χ4v) is 1.96. The lowest BCUT2D eigenvalue weighted by atomic mass is 10.1. The summed E-state index contributed by atoms with van der Waals surface area (Å²) in [5, 5.41) is 0. The Labute approximate surface area is 102 Å². The Morgan fingerprint density at radius 2 is 2.06 bits per heavy atom. The van der Waals surface area contributed by atoms with Gasteiger partial charge in [0.15, 0.2) is 0 Å². The summed E-state index contributed by atoms with van der Waals surface area (Å²) < 4.78 is 5.08. The minimum Gasteiger partial charge on any atom is -0.472 e. The van der Waals surface area contributed by atoms with Gasteiger partial charge >= 0.3 is 0 Å². The number of anilines is 1. The van der Waals surface area contributed by atoms with Crippen molar-refractivity contribution in [3.8, 4) is 0 Å². The van der Waals surface area contributed by atoms with Crippen LogP contribution >= 0.6 is 0 Å². The number of para-hydroxylation sites is 1. The van der Waals surface area contributed by atoms with E-state index in [4.69, 9.17) is 10.2 Å². The van der Waals surface area contributed by atoms with E-state index in [1.165, 1.54) is 11.3 Å². The van der Waals surface area contributed by atoms with Crippen molar-refractivity contribution in [3.63, 3.8) is 0 Å². The van der Waals surface area contributed by atoms with E-state index in [9.17, 15) is 0 Å². The molecule has 1 aromatic carbocycles. The zero-order chi connectivity index (χ0) is 12.3. The zero-order valence-electron chi connectivity index (χ0n) is 10.3. The van der Waals surface area contributed by atoms with Gasteiger partial charge in [-0.25, -0.2) is 0 Å². The Kier molecular flexibility index (Phi) is 3.49. The molecule has 0 amide bonds. The molecule has 2 rings (SSSR count). The van der Waals surface area contributed by atoms with Crippen molar-refractivity contribution in [2.24, 2.45) is 5.73 Å². The van der Waals surface area contributed by atoms with Crippen LogP contribution < -0.4 is 10.6 Å². The van der Waals surface area contributed by atoms with Crippen molar-refractivity contribution in [2.45, 2.75) is 19.5 Å². The van der Waals surface area contributed by atoms with E-state index in [1.54, 1.807) is 12.5 Å². The summed E-state index contributed by atoms with van der Waals surface area (Å²) in [5.74, 6) is 0. The quantitative estimate of drug-likeness (QED) is 0.878. The minimum atomic E-state index is 0.0398. The highest BCUT2D eigenvalue weighted by Gasteiger charge is 2.10. The third kappa shape index (κ3) is 2.68. The molecule has 0 saturated carbocycles. The Morgan fingerprint density at radius 3 is 2.71 bits per heavy atom. The highest BCUT2D eigenvalue weighted by Crippen LogP contribution is 2.25. The molecular formula is C14H18N2O. The third-order valence-electron chi connectivity index (χ3n) is 2.84. The molecule has 1 atom stereocenters. The summed E-state index contributed by atoms with van der Waals surface area (Å²) in [6.45, 7) is 2.82. The van der Waals surface area contributed by atoms with Gasteiger partial charge in [0, 0.05) is 30.9 Å². The maximum absolute atomic E-state index is 5.98. The molecule has 0 saturated heterocycles. The molecule has 0 radical (unpaired) electrons. The van der Waals surface area contributed by atoms with Crippen molar-refractivity contribution >= 4 is 5.69 Å². The van der Waals surface area contributed by atoms with Crippen LogP contribution in [0.25, 0.3) is 0 Å². The molecule has 0 aliphatic heterocycles. The molecule has 0 spiro atoms. The second-order valence-corrected chi connectivity index (χ2v) is 4.34. The predicted octanol–water partition coefficient (Wildman–Crippen LogP) is 2.94. The third-order valence-corrected chi connectivity index (χ3v) is 2.84. The Balaban J connectivity index is 2.21. The van der Waals surface area contributed by atoms with Crippen LogP contribution in [0.3, 0.4) is 0 Å². The fraction of sp³-hybridized carbons (Fsp3) is 0.286. The molecule has 17 heavy (non-hydrogen) atoms. The lowest BCUT2D eigenvalue weighted by Crippen LogP contribution is -2.19. The number of rotatable bonds is 4. The summed E-state index contributed by atoms with van der Waals surface area (Å²) in [7, 11) is 2.06. The molecule has 3 heteroatoms. The molecule has 2 aromatic rings. The average molecular weight is 230 g/mol. The normalized spacial score (nSPS) is 12.4. The molecular weight excluding hydrogens is 212 g/mol. The van der Waals surface area contributed by atoms with Gasteiger partial charge in [-0.2, -0.15) is 0 Å². The van der Waals surface area contributed by atoms with Crippen molar-refractivity contribution in [3.05, 3.63) is 54.0 Å². The predicted molar refractivity (Wildman–Crippen MR) is 69.9 cm³/mol. The smallest absolute Gasteiger partial charge is 0.0952 e. The summed E-state index contributed by atoms with van der Waals surface area (Å²) >= 11 is 0. The van der Waals surface area contributed by atoms with Crippen LogP contribution in [0.15, 0.2) is 47.3 Å². The first-order valence-corrected chi connectivity index (χ1v) is 5.75. The number of nitrogens with two attached hydrogens (primary N) is 1. The van der Waals surface area contributed by atoms with E-state index in [0.717, 1.165) is 12.1 Å². The van der Waals surface area contributed by atoms with E-state index in [-0.39, 0.29) is 6.04 Å². The first kappa shape index (κ1) is 11.7. The largest absolute Gasteiger partial charge is 0.472 e. The number of nitrogens with zero attached hydrogens (tertiary/aromatic N) is 1. The van der Waals surface area contributed by atoms with E-state index in [0.29, 0.717) is 0 Å². The maximum Gasteiger partial charge on any atom is 0.0952 e. The van der Waals surface area contributed by atoms with Crippen LogP contribution in [0.1, 0.15) is 24.1 Å². The zero-order valence-corrected chi connectivity index (χ0v) is 10.3. The highest BCUT2D eigenvalue weighted by molar-refractivity contribution is 5.54. The van der Waals surface area contributed by atoms with Crippen LogP contribution in [0.2, 0.25) is 0 Å². The first-order valence-electron chi connectivity index (χ1n) is 5.75. The molecule has 2 N–H and O–H groups in total. The molecule has 0 aliphatic carbocycles. The van der Waals surface area contributed by atoms with Gasteiger partial charge in [-0.15, -0.1) is 0 Å². The van der Waals surface area contributed by atoms with Gasteiger partial charge < -0.3 is 15.1 Å². The number of hydrogen-bond donors (Lipinski definition) is 1. The fourth-order valence-electron chi connectivity index (χ4n) is 1.96. The van der Waals surface area contributed by atoms with E-state index >= 15 is 0 Å². The van der Waals surface area contributed by atoms with Crippen LogP contribution in [0.5, 0.6) is 0 Å². The number of furan rings is 1. The van der Waals surface area contributed by atoms with Crippen LogP contribution in [-0.2, 0) is 6.54 Å². The summed E-state index contributed by atoms with van der Waals surface area (Å²) in [6, 6.07) is 10.2. The van der Waals surface area contributed by atoms with Crippen LogP contribution in [0, 0.1) is 0 Å². The molecule has 1 unspecified atom stereocenters. The van der Waals surface area contributed by atoms with E-state index in [1.807, 2.05) is 25.1 Å². The molecule has 0 aliphatic rings. The summed E-state index contributed by atoms with van der Waals surface area (Å²) in [4.78, 5) is 2.18. The number of hydrogen-bond acceptors (Lipinski definition) is 3. The minimum absolute atomic E-state index is 0.0398. The molecule has 3 nitrogen and oxygen atoms in total. The van der Waals surface area contributed by atoms with Gasteiger partial charge in [-0.05, 0) is 24.6 Å². The van der Waals surface area contributed by atoms with E-state index in [2.05, 4.69) is 24.1 Å². The van der Waals surface area contributed by atoms with Gasteiger partial charge in [0.2, 0.25) is 0 Å². The van der Waals surface area contributed by atoms with Gasteiger partial charge in [0.1, 0.15) is 0 Å². The maximum atomic E-state index is 5.98. The molecule has 0 bridgehead atoms. The van der Waals surface area contributed by atoms with Crippen molar-refractivity contribution < 1.29 is 4.42 Å². The van der Waals surface area contributed by atoms with E-state index < -0.39 is 0 Å². The SMILES string of the molecule is CC(N)c1ccccc1N(C)Cc1ccoc1. The van der Waals surface area contributed by atoms with Gasteiger partial charge in [0.05, 0.1) is 12.5 Å². The van der Waals surface area contributed by atoms with Gasteiger partial charge in [-0.1, -0.05) is 18.2 Å². The van der Waals surface area contributed by atoms with Crippen LogP contribution in [-0.4, -0.2) is 7.05 Å². The lowest BCUT2D eigenvalue weighted by molar-refractivity contribution is 0.563. The molecule has 1 heterocycles. The summed E-state index contributed by atoms with van der Waals surface area (Å²) in [6.07, 6.45) is 3.46. The Bertz CT molecular complexity index is 463. The summed E-state index contributed by atoms with van der Waals surface area (Å²) in [5.41, 5.74) is 9.48. The standard InChI is InChI=1S/C14H18N2O/c1-11(15)13-5-3-4-6-14(13)16(2)9-12-7-8-17-10-12/h3-8,10-11H,9,15H2,1-2H3. The second kappa shape index (κ2) is 5.06. The van der Waals surface area contributed by atoms with Crippen molar-refractivity contribution in [2.75, 3.05) is 11.9 Å². The van der Waals surface area contributed by atoms with Gasteiger partial charge in [-0.3, -0.25) is 0 Å². The monoisotopic (exact) mass is 230 g/mol. The highest BCUT2D eigenvalue weighted by atomic mass is 16.3. The second-order valence-electron chi connectivity index (χ2n) is 4.34. The first-order chi connectivity index (χ1) is 8.18. The molecule has 90 valence electrons. The average Bonchev–Trinajstić information content (AvgIpc) is 2.81. The lowest BCUT2D eigenvalue weighted by Gasteiger charge is -2.23. The molecule has 0 fully saturated rings. The van der Waals surface area contributed by atoms with Crippen molar-refractivity contribution in [1.82, 2.24) is 0 Å². The van der Waals surface area contributed by atoms with Crippen molar-refractivity contribution in [1.29, 1.82) is 0 Å². The topological polar surface area (TPSA) is 42.4 Å². The Morgan fingerprint density at radius 1 is 1.29 bits per heavy atom.